The summed E-state index contributed by atoms with van der Waals surface area (Å²) in [5, 5.41) is 5.32. The molecule has 0 aliphatic carbocycles. The summed E-state index contributed by atoms with van der Waals surface area (Å²) in [7, 11) is 0. The summed E-state index contributed by atoms with van der Waals surface area (Å²) >= 11 is 11.6. The largest absolute Gasteiger partial charge is 0.432 e. The van der Waals surface area contributed by atoms with Crippen molar-refractivity contribution in [3.8, 4) is 5.75 Å². The van der Waals surface area contributed by atoms with Gasteiger partial charge < -0.3 is 20.1 Å². The number of halogens is 4. The van der Waals surface area contributed by atoms with Crippen LogP contribution in [0.15, 0.2) is 12.1 Å². The summed E-state index contributed by atoms with van der Waals surface area (Å²) in [6.45, 7) is -1.54. The van der Waals surface area contributed by atoms with Crippen molar-refractivity contribution < 1.29 is 23.0 Å². The fourth-order valence-electron chi connectivity index (χ4n) is 1.79. The van der Waals surface area contributed by atoms with Gasteiger partial charge in [0.15, 0.2) is 5.75 Å². The number of anilines is 1. The van der Waals surface area contributed by atoms with Crippen molar-refractivity contribution in [2.75, 3.05) is 25.0 Å². The molecule has 1 aromatic carbocycles. The molecule has 2 rings (SSSR count). The van der Waals surface area contributed by atoms with E-state index in [4.69, 9.17) is 27.9 Å². The van der Waals surface area contributed by atoms with Gasteiger partial charge in [-0.15, -0.1) is 0 Å². The van der Waals surface area contributed by atoms with E-state index in [9.17, 15) is 13.6 Å². The number of benzene rings is 1. The van der Waals surface area contributed by atoms with Crippen molar-refractivity contribution in [2.45, 2.75) is 12.7 Å². The third-order valence-corrected chi connectivity index (χ3v) is 3.25. The van der Waals surface area contributed by atoms with Gasteiger partial charge in [-0.2, -0.15) is 8.78 Å². The molecule has 0 saturated carbocycles. The maximum absolute atomic E-state index is 12.2. The minimum absolute atomic E-state index is 0.124. The smallest absolute Gasteiger partial charge is 0.387 e. The lowest BCUT2D eigenvalue weighted by Gasteiger charge is -2.22. The highest BCUT2D eigenvalue weighted by Crippen LogP contribution is 2.37. The Bertz CT molecular complexity index is 502. The van der Waals surface area contributed by atoms with E-state index in [2.05, 4.69) is 15.4 Å². The van der Waals surface area contributed by atoms with Crippen LogP contribution >= 0.6 is 23.2 Å². The second kappa shape index (κ2) is 7.22. The number of alkyl halides is 2. The van der Waals surface area contributed by atoms with Gasteiger partial charge in [-0.25, -0.2) is 0 Å². The number of nitrogens with one attached hydrogen (secondary N) is 2. The molecule has 0 bridgehead atoms. The number of hydrogen-bond acceptors (Lipinski definition) is 4. The number of carbonyl (C=O) groups is 1. The molecule has 1 saturated heterocycles. The Balaban J connectivity index is 2.08. The van der Waals surface area contributed by atoms with Crippen molar-refractivity contribution in [1.82, 2.24) is 5.32 Å². The number of ether oxygens (including phenoxy) is 2. The van der Waals surface area contributed by atoms with Crippen LogP contribution in [0.1, 0.15) is 0 Å². The summed E-state index contributed by atoms with van der Waals surface area (Å²) < 4.78 is 33.9. The van der Waals surface area contributed by atoms with Crippen molar-refractivity contribution in [3.05, 3.63) is 22.2 Å². The van der Waals surface area contributed by atoms with E-state index in [0.29, 0.717) is 19.7 Å². The van der Waals surface area contributed by atoms with E-state index < -0.39 is 12.7 Å². The van der Waals surface area contributed by atoms with Gasteiger partial charge in [0.1, 0.15) is 6.10 Å². The Morgan fingerprint density at radius 1 is 1.43 bits per heavy atom. The summed E-state index contributed by atoms with van der Waals surface area (Å²) in [5.41, 5.74) is 0.269. The average Bonchev–Trinajstić information content (AvgIpc) is 2.43. The molecular formula is C12H12Cl2F2N2O3. The predicted octanol–water partition coefficient (Wildman–Crippen LogP) is 2.52. The molecule has 0 spiro atoms. The monoisotopic (exact) mass is 340 g/mol. The van der Waals surface area contributed by atoms with Crippen LogP contribution in [0.2, 0.25) is 10.0 Å². The number of carbonyl (C=O) groups excluding carboxylic acids is 1. The molecule has 116 valence electrons. The van der Waals surface area contributed by atoms with E-state index in [-0.39, 0.29) is 27.4 Å². The second-order valence-corrected chi connectivity index (χ2v) is 5.01. The van der Waals surface area contributed by atoms with Gasteiger partial charge >= 0.3 is 6.61 Å². The number of rotatable bonds is 4. The SMILES string of the molecule is O=C(Nc1cc(Cl)c(OC(F)F)c(Cl)c1)C1CNCCO1. The van der Waals surface area contributed by atoms with Crippen LogP contribution in [-0.2, 0) is 9.53 Å². The maximum Gasteiger partial charge on any atom is 0.387 e. The second-order valence-electron chi connectivity index (χ2n) is 4.20. The first-order valence-electron chi connectivity index (χ1n) is 6.04. The van der Waals surface area contributed by atoms with Crippen LogP contribution in [0.4, 0.5) is 14.5 Å². The van der Waals surface area contributed by atoms with Crippen molar-refractivity contribution in [1.29, 1.82) is 0 Å². The van der Waals surface area contributed by atoms with Crippen molar-refractivity contribution in [2.24, 2.45) is 0 Å². The molecule has 1 fully saturated rings. The highest BCUT2D eigenvalue weighted by atomic mass is 35.5. The van der Waals surface area contributed by atoms with E-state index in [1.54, 1.807) is 0 Å². The molecular weight excluding hydrogens is 329 g/mol. The van der Waals surface area contributed by atoms with Crippen molar-refractivity contribution >= 4 is 34.8 Å². The topological polar surface area (TPSA) is 59.6 Å². The van der Waals surface area contributed by atoms with Gasteiger partial charge in [0.2, 0.25) is 0 Å². The third kappa shape index (κ3) is 4.41. The molecule has 1 heterocycles. The Labute approximate surface area is 129 Å². The first kappa shape index (κ1) is 16.2. The molecule has 1 atom stereocenters. The minimum atomic E-state index is -3.04. The summed E-state index contributed by atoms with van der Waals surface area (Å²) in [6.07, 6.45) is -0.631. The molecule has 1 amide bonds. The van der Waals surface area contributed by atoms with Gasteiger partial charge in [0.05, 0.1) is 16.7 Å². The lowest BCUT2D eigenvalue weighted by molar-refractivity contribution is -0.128. The van der Waals surface area contributed by atoms with Gasteiger partial charge in [0, 0.05) is 18.8 Å². The van der Waals surface area contributed by atoms with E-state index in [1.165, 1.54) is 12.1 Å². The summed E-state index contributed by atoms with van der Waals surface area (Å²) in [6, 6.07) is 2.55. The van der Waals surface area contributed by atoms with Gasteiger partial charge in [0.25, 0.3) is 5.91 Å². The Morgan fingerprint density at radius 2 is 2.10 bits per heavy atom. The molecule has 1 aliphatic rings. The molecule has 2 N–H and O–H groups in total. The molecule has 1 aliphatic heterocycles. The summed E-state index contributed by atoms with van der Waals surface area (Å²) in [5.74, 6) is -0.709. The number of hydrogen-bond donors (Lipinski definition) is 2. The van der Waals surface area contributed by atoms with E-state index in [0.717, 1.165) is 0 Å². The zero-order chi connectivity index (χ0) is 15.4. The minimum Gasteiger partial charge on any atom is -0.432 e. The van der Waals surface area contributed by atoms with Gasteiger partial charge in [-0.1, -0.05) is 23.2 Å². The average molecular weight is 341 g/mol. The standard InChI is InChI=1S/C12H12Cl2F2N2O3/c13-7-3-6(4-8(14)10(7)21-12(15)16)18-11(19)9-5-17-1-2-20-9/h3-4,9,12,17H,1-2,5H2,(H,18,19). The highest BCUT2D eigenvalue weighted by molar-refractivity contribution is 6.37. The Morgan fingerprint density at radius 3 is 2.62 bits per heavy atom. The van der Waals surface area contributed by atoms with E-state index >= 15 is 0 Å². The first-order valence-corrected chi connectivity index (χ1v) is 6.80. The maximum atomic E-state index is 12.2. The van der Waals surface area contributed by atoms with Crippen molar-refractivity contribution in [3.63, 3.8) is 0 Å². The predicted molar refractivity (Wildman–Crippen MR) is 74.3 cm³/mol. The van der Waals surface area contributed by atoms with Crippen LogP contribution in [0.5, 0.6) is 5.75 Å². The molecule has 5 nitrogen and oxygen atoms in total. The number of morpholine rings is 1. The molecule has 21 heavy (non-hydrogen) atoms. The molecule has 1 aromatic rings. The van der Waals surface area contributed by atoms with Crippen LogP contribution in [0, 0.1) is 0 Å². The first-order chi connectivity index (χ1) is 9.97. The zero-order valence-electron chi connectivity index (χ0n) is 10.7. The fraction of sp³-hybridized carbons (Fsp3) is 0.417. The van der Waals surface area contributed by atoms with E-state index in [1.807, 2.05) is 0 Å². The highest BCUT2D eigenvalue weighted by Gasteiger charge is 2.22. The molecule has 0 radical (unpaired) electrons. The van der Waals surface area contributed by atoms with Crippen LogP contribution in [0.3, 0.4) is 0 Å². The lowest BCUT2D eigenvalue weighted by Crippen LogP contribution is -2.45. The Hall–Kier alpha value is -1.15. The Kier molecular flexibility index (Phi) is 5.58. The number of amides is 1. The van der Waals surface area contributed by atoms with Crippen LogP contribution in [-0.4, -0.2) is 38.3 Å². The zero-order valence-corrected chi connectivity index (χ0v) is 12.2. The molecule has 9 heteroatoms. The normalized spacial score (nSPS) is 18.6. The fourth-order valence-corrected chi connectivity index (χ4v) is 2.37. The van der Waals surface area contributed by atoms with Crippen LogP contribution < -0.4 is 15.4 Å². The van der Waals surface area contributed by atoms with Gasteiger partial charge in [-0.05, 0) is 12.1 Å². The summed E-state index contributed by atoms with van der Waals surface area (Å²) in [4.78, 5) is 11.9. The van der Waals surface area contributed by atoms with Crippen LogP contribution in [0.25, 0.3) is 0 Å². The van der Waals surface area contributed by atoms with Gasteiger partial charge in [-0.3, -0.25) is 4.79 Å². The molecule has 1 unspecified atom stereocenters. The third-order valence-electron chi connectivity index (χ3n) is 2.69. The lowest BCUT2D eigenvalue weighted by atomic mass is 10.2. The molecule has 0 aromatic heterocycles. The quantitative estimate of drug-likeness (QED) is 0.884.